The van der Waals surface area contributed by atoms with Gasteiger partial charge in [0.15, 0.2) is 11.5 Å². The fourth-order valence-corrected chi connectivity index (χ4v) is 4.28. The van der Waals surface area contributed by atoms with Gasteiger partial charge < -0.3 is 14.4 Å². The molecule has 0 bridgehead atoms. The van der Waals surface area contributed by atoms with Crippen molar-refractivity contribution in [2.75, 3.05) is 33.4 Å². The summed E-state index contributed by atoms with van der Waals surface area (Å²) in [4.78, 5) is 40.4. The first-order valence-electron chi connectivity index (χ1n) is 9.48. The lowest BCUT2D eigenvalue weighted by Crippen LogP contribution is -2.44. The topological polar surface area (TPSA) is 76.2 Å². The Kier molecular flexibility index (Phi) is 7.08. The predicted octanol–water partition coefficient (Wildman–Crippen LogP) is 3.80. The van der Waals surface area contributed by atoms with E-state index in [1.807, 2.05) is 6.92 Å². The number of benzene rings is 1. The van der Waals surface area contributed by atoms with Crippen molar-refractivity contribution < 1.29 is 23.9 Å². The molecule has 1 aromatic carbocycles. The van der Waals surface area contributed by atoms with E-state index >= 15 is 0 Å². The van der Waals surface area contributed by atoms with E-state index in [0.717, 1.165) is 35.9 Å². The van der Waals surface area contributed by atoms with Crippen LogP contribution in [0.4, 0.5) is 4.79 Å². The van der Waals surface area contributed by atoms with Gasteiger partial charge in [0.25, 0.3) is 11.1 Å². The quantitative estimate of drug-likeness (QED) is 0.629. The van der Waals surface area contributed by atoms with E-state index in [9.17, 15) is 14.4 Å². The number of carbonyl (C=O) groups excluding carboxylic acids is 3. The summed E-state index contributed by atoms with van der Waals surface area (Å²) in [6.07, 6.45) is 4.54. The predicted molar refractivity (Wildman–Crippen MR) is 112 cm³/mol. The Morgan fingerprint density at radius 1 is 1.21 bits per heavy atom. The Morgan fingerprint density at radius 3 is 2.59 bits per heavy atom. The van der Waals surface area contributed by atoms with Crippen molar-refractivity contribution in [2.45, 2.75) is 26.2 Å². The SMILES string of the molecule is CCOc1cc(Cl)c(C=C2SC(=O)N(CC(=O)N3CCCCC3)C2=O)cc1OC. The molecule has 156 valence electrons. The summed E-state index contributed by atoms with van der Waals surface area (Å²) in [7, 11) is 1.51. The van der Waals surface area contributed by atoms with Crippen LogP contribution in [0.25, 0.3) is 6.08 Å². The number of amides is 3. The van der Waals surface area contributed by atoms with Crippen molar-refractivity contribution in [3.8, 4) is 11.5 Å². The van der Waals surface area contributed by atoms with Crippen LogP contribution in [-0.4, -0.2) is 60.2 Å². The summed E-state index contributed by atoms with van der Waals surface area (Å²) in [6.45, 7) is 3.42. The fraction of sp³-hybridized carbons (Fsp3) is 0.450. The van der Waals surface area contributed by atoms with Gasteiger partial charge in [0.05, 0.1) is 23.6 Å². The molecule has 2 aliphatic heterocycles. The second kappa shape index (κ2) is 9.54. The van der Waals surface area contributed by atoms with Crippen LogP contribution in [0.5, 0.6) is 11.5 Å². The number of halogens is 1. The summed E-state index contributed by atoms with van der Waals surface area (Å²) in [5, 5.41) is -0.0916. The van der Waals surface area contributed by atoms with Gasteiger partial charge in [-0.1, -0.05) is 11.6 Å². The van der Waals surface area contributed by atoms with Crippen LogP contribution >= 0.6 is 23.4 Å². The normalized spacial score (nSPS) is 18.5. The molecule has 0 radical (unpaired) electrons. The minimum Gasteiger partial charge on any atom is -0.493 e. The number of nitrogens with zero attached hydrogens (tertiary/aromatic N) is 2. The molecule has 0 aromatic heterocycles. The highest BCUT2D eigenvalue weighted by molar-refractivity contribution is 8.18. The molecule has 3 rings (SSSR count). The second-order valence-corrected chi connectivity index (χ2v) is 8.07. The van der Waals surface area contributed by atoms with E-state index in [2.05, 4.69) is 0 Å². The molecule has 9 heteroatoms. The minimum atomic E-state index is -0.491. The van der Waals surface area contributed by atoms with Crippen LogP contribution in [0.15, 0.2) is 17.0 Å². The van der Waals surface area contributed by atoms with Gasteiger partial charge in [0, 0.05) is 19.2 Å². The van der Waals surface area contributed by atoms with E-state index < -0.39 is 11.1 Å². The third-order valence-corrected chi connectivity index (χ3v) is 5.98. The number of thioether (sulfide) groups is 1. The lowest BCUT2D eigenvalue weighted by molar-refractivity contribution is -0.136. The van der Waals surface area contributed by atoms with Gasteiger partial charge in [-0.25, -0.2) is 0 Å². The summed E-state index contributed by atoms with van der Waals surface area (Å²) in [5.41, 5.74) is 0.528. The average Bonchev–Trinajstić information content (AvgIpc) is 2.98. The summed E-state index contributed by atoms with van der Waals surface area (Å²) in [5.74, 6) is 0.280. The summed E-state index contributed by atoms with van der Waals surface area (Å²) >= 11 is 7.12. The maximum Gasteiger partial charge on any atom is 0.294 e. The van der Waals surface area contributed by atoms with Crippen molar-refractivity contribution in [3.05, 3.63) is 27.6 Å². The zero-order valence-electron chi connectivity index (χ0n) is 16.4. The smallest absolute Gasteiger partial charge is 0.294 e. The molecular weight excluding hydrogens is 416 g/mol. The first-order valence-corrected chi connectivity index (χ1v) is 10.7. The lowest BCUT2D eigenvalue weighted by Gasteiger charge is -2.27. The Morgan fingerprint density at radius 2 is 1.93 bits per heavy atom. The number of likely N-dealkylation sites (tertiary alicyclic amines) is 1. The van der Waals surface area contributed by atoms with E-state index in [0.29, 0.717) is 41.8 Å². The van der Waals surface area contributed by atoms with Gasteiger partial charge in [0.2, 0.25) is 5.91 Å². The maximum absolute atomic E-state index is 12.7. The fourth-order valence-electron chi connectivity index (χ4n) is 3.25. The van der Waals surface area contributed by atoms with E-state index in [1.54, 1.807) is 17.0 Å². The summed E-state index contributed by atoms with van der Waals surface area (Å²) < 4.78 is 10.8. The molecule has 0 atom stereocenters. The Balaban J connectivity index is 1.78. The molecule has 0 aliphatic carbocycles. The third kappa shape index (κ3) is 4.87. The molecule has 7 nitrogen and oxygen atoms in total. The van der Waals surface area contributed by atoms with Crippen molar-refractivity contribution in [1.29, 1.82) is 0 Å². The molecule has 2 saturated heterocycles. The Hall–Kier alpha value is -2.19. The molecule has 1 aromatic rings. The van der Waals surface area contributed by atoms with Crippen LogP contribution in [0.3, 0.4) is 0 Å². The number of methoxy groups -OCH3 is 1. The highest BCUT2D eigenvalue weighted by Crippen LogP contribution is 2.37. The molecule has 0 N–H and O–H groups in total. The van der Waals surface area contributed by atoms with E-state index in [4.69, 9.17) is 21.1 Å². The molecule has 3 amide bonds. The highest BCUT2D eigenvalue weighted by atomic mass is 35.5. The monoisotopic (exact) mass is 438 g/mol. The number of imide groups is 1. The van der Waals surface area contributed by atoms with Crippen LogP contribution < -0.4 is 9.47 Å². The van der Waals surface area contributed by atoms with Crippen LogP contribution in [0, 0.1) is 0 Å². The minimum absolute atomic E-state index is 0.200. The molecular formula is C20H23ClN2O5S. The number of hydrogen-bond acceptors (Lipinski definition) is 6. The Bertz CT molecular complexity index is 852. The number of ether oxygens (including phenoxy) is 2. The van der Waals surface area contributed by atoms with Crippen molar-refractivity contribution in [3.63, 3.8) is 0 Å². The molecule has 2 heterocycles. The van der Waals surface area contributed by atoms with E-state index in [-0.39, 0.29) is 17.4 Å². The molecule has 0 unspecified atom stereocenters. The van der Waals surface area contributed by atoms with Gasteiger partial charge in [-0.15, -0.1) is 0 Å². The van der Waals surface area contributed by atoms with Gasteiger partial charge >= 0.3 is 0 Å². The summed E-state index contributed by atoms with van der Waals surface area (Å²) in [6, 6.07) is 3.26. The van der Waals surface area contributed by atoms with Crippen LogP contribution in [0.2, 0.25) is 5.02 Å². The molecule has 0 saturated carbocycles. The number of hydrogen-bond donors (Lipinski definition) is 0. The first kappa shape index (κ1) is 21.5. The van der Waals surface area contributed by atoms with Crippen LogP contribution in [-0.2, 0) is 9.59 Å². The average molecular weight is 439 g/mol. The van der Waals surface area contributed by atoms with Gasteiger partial charge in [-0.2, -0.15) is 0 Å². The first-order chi connectivity index (χ1) is 13.9. The lowest BCUT2D eigenvalue weighted by atomic mass is 10.1. The van der Waals surface area contributed by atoms with Gasteiger partial charge in [-0.05, 0) is 55.7 Å². The second-order valence-electron chi connectivity index (χ2n) is 6.67. The molecule has 2 fully saturated rings. The van der Waals surface area contributed by atoms with Crippen LogP contribution in [0.1, 0.15) is 31.7 Å². The zero-order valence-corrected chi connectivity index (χ0v) is 18.0. The van der Waals surface area contributed by atoms with E-state index in [1.165, 1.54) is 13.2 Å². The van der Waals surface area contributed by atoms with Crippen molar-refractivity contribution >= 4 is 46.5 Å². The van der Waals surface area contributed by atoms with Gasteiger partial charge in [-0.3, -0.25) is 19.3 Å². The molecule has 2 aliphatic rings. The largest absolute Gasteiger partial charge is 0.493 e. The zero-order chi connectivity index (χ0) is 21.0. The Labute approximate surface area is 178 Å². The van der Waals surface area contributed by atoms with Crippen molar-refractivity contribution in [1.82, 2.24) is 9.80 Å². The number of carbonyl (C=O) groups is 3. The molecule has 29 heavy (non-hydrogen) atoms. The molecule has 0 spiro atoms. The standard InChI is InChI=1S/C20H23ClN2O5S/c1-3-28-16-11-14(21)13(9-15(16)27-2)10-17-19(25)23(20(26)29-17)12-18(24)22-7-5-4-6-8-22/h9-11H,3-8,12H2,1-2H3. The number of rotatable bonds is 6. The number of piperidine rings is 1. The highest BCUT2D eigenvalue weighted by Gasteiger charge is 2.37. The third-order valence-electron chi connectivity index (χ3n) is 4.75. The van der Waals surface area contributed by atoms with Crippen molar-refractivity contribution in [2.24, 2.45) is 0 Å². The maximum atomic E-state index is 12.7. The van der Waals surface area contributed by atoms with Gasteiger partial charge in [0.1, 0.15) is 6.54 Å².